The average molecular weight is 285 g/mol. The predicted molar refractivity (Wildman–Crippen MR) is 73.1 cm³/mol. The second kappa shape index (κ2) is 7.76. The summed E-state index contributed by atoms with van der Waals surface area (Å²) in [5.74, 6) is -1.08. The zero-order chi connectivity index (χ0) is 14.3. The van der Waals surface area contributed by atoms with E-state index in [2.05, 4.69) is 10.6 Å². The van der Waals surface area contributed by atoms with Crippen molar-refractivity contribution in [3.63, 3.8) is 0 Å². The summed E-state index contributed by atoms with van der Waals surface area (Å²) in [7, 11) is 0. The number of hydrogen-bond acceptors (Lipinski definition) is 3. The number of halogens is 1. The third-order valence-corrected chi connectivity index (χ3v) is 2.88. The van der Waals surface area contributed by atoms with E-state index in [9.17, 15) is 14.7 Å². The molecule has 0 saturated carbocycles. The van der Waals surface area contributed by atoms with Crippen molar-refractivity contribution in [1.29, 1.82) is 0 Å². The summed E-state index contributed by atoms with van der Waals surface area (Å²) in [6.45, 7) is 2.43. The number of carboxylic acids is 1. The number of carbonyl (C=O) groups is 2. The summed E-state index contributed by atoms with van der Waals surface area (Å²) >= 11 is 5.98. The molecule has 0 heterocycles. The molecule has 3 N–H and O–H groups in total. The summed E-state index contributed by atoms with van der Waals surface area (Å²) < 4.78 is 0. The standard InChI is InChI=1S/C13H17ClN2O3/c1-9(17)15-7-4-8-16-12(13(18)19)10-5-2-3-6-11(10)14/h2-3,5-6,12,16H,4,7-8H2,1H3,(H,15,17)(H,18,19). The monoisotopic (exact) mass is 284 g/mol. The summed E-state index contributed by atoms with van der Waals surface area (Å²) in [6.07, 6.45) is 0.647. The van der Waals surface area contributed by atoms with Gasteiger partial charge in [-0.2, -0.15) is 0 Å². The second-order valence-electron chi connectivity index (χ2n) is 4.08. The Kier molecular flexibility index (Phi) is 6.32. The van der Waals surface area contributed by atoms with Crippen LogP contribution in [0.2, 0.25) is 5.02 Å². The van der Waals surface area contributed by atoms with Crippen LogP contribution in [0.15, 0.2) is 24.3 Å². The van der Waals surface area contributed by atoms with Gasteiger partial charge in [-0.1, -0.05) is 29.8 Å². The SMILES string of the molecule is CC(=O)NCCCNC(C(=O)O)c1ccccc1Cl. The first kappa shape index (κ1) is 15.5. The third-order valence-electron chi connectivity index (χ3n) is 2.54. The third kappa shape index (κ3) is 5.28. The maximum Gasteiger partial charge on any atom is 0.325 e. The van der Waals surface area contributed by atoms with Crippen LogP contribution in [0.25, 0.3) is 0 Å². The van der Waals surface area contributed by atoms with Gasteiger partial charge in [-0.05, 0) is 24.6 Å². The molecule has 0 spiro atoms. The van der Waals surface area contributed by atoms with Gasteiger partial charge in [-0.25, -0.2) is 0 Å². The van der Waals surface area contributed by atoms with Crippen molar-refractivity contribution in [1.82, 2.24) is 10.6 Å². The average Bonchev–Trinajstić information content (AvgIpc) is 2.34. The van der Waals surface area contributed by atoms with Crippen LogP contribution in [0.4, 0.5) is 0 Å². The number of carbonyl (C=O) groups excluding carboxylic acids is 1. The number of amides is 1. The van der Waals surface area contributed by atoms with E-state index in [1.165, 1.54) is 6.92 Å². The fraction of sp³-hybridized carbons (Fsp3) is 0.385. The maximum atomic E-state index is 11.2. The van der Waals surface area contributed by atoms with E-state index in [0.717, 1.165) is 0 Å². The Balaban J connectivity index is 2.53. The maximum absolute atomic E-state index is 11.2. The molecule has 0 saturated heterocycles. The summed E-state index contributed by atoms with van der Waals surface area (Å²) in [6, 6.07) is 6.00. The molecule has 1 aromatic rings. The smallest absolute Gasteiger partial charge is 0.325 e. The van der Waals surface area contributed by atoms with Crippen molar-refractivity contribution < 1.29 is 14.7 Å². The molecule has 6 heteroatoms. The van der Waals surface area contributed by atoms with Crippen LogP contribution < -0.4 is 10.6 Å². The highest BCUT2D eigenvalue weighted by Gasteiger charge is 2.20. The van der Waals surface area contributed by atoms with Crippen molar-refractivity contribution >= 4 is 23.5 Å². The van der Waals surface area contributed by atoms with Crippen LogP contribution in [0.1, 0.15) is 24.9 Å². The summed E-state index contributed by atoms with van der Waals surface area (Å²) in [5.41, 5.74) is 0.538. The minimum atomic E-state index is -0.979. The molecule has 0 aromatic heterocycles. The first-order valence-electron chi connectivity index (χ1n) is 5.97. The van der Waals surface area contributed by atoms with Crippen molar-refractivity contribution in [3.8, 4) is 0 Å². The van der Waals surface area contributed by atoms with Gasteiger partial charge in [0.15, 0.2) is 0 Å². The van der Waals surface area contributed by atoms with Crippen molar-refractivity contribution in [2.24, 2.45) is 0 Å². The van der Waals surface area contributed by atoms with Gasteiger partial charge >= 0.3 is 5.97 Å². The van der Waals surface area contributed by atoms with E-state index >= 15 is 0 Å². The lowest BCUT2D eigenvalue weighted by Gasteiger charge is -2.16. The van der Waals surface area contributed by atoms with E-state index < -0.39 is 12.0 Å². The van der Waals surface area contributed by atoms with Crippen LogP contribution in [-0.4, -0.2) is 30.1 Å². The number of rotatable bonds is 7. The number of nitrogens with one attached hydrogen (secondary N) is 2. The molecule has 19 heavy (non-hydrogen) atoms. The summed E-state index contributed by atoms with van der Waals surface area (Å²) in [4.78, 5) is 21.9. The van der Waals surface area contributed by atoms with Crippen molar-refractivity contribution in [2.75, 3.05) is 13.1 Å². The van der Waals surface area contributed by atoms with Crippen LogP contribution in [-0.2, 0) is 9.59 Å². The number of aliphatic carboxylic acids is 1. The molecule has 0 aliphatic rings. The molecule has 1 unspecified atom stereocenters. The Morgan fingerprint density at radius 3 is 2.58 bits per heavy atom. The van der Waals surface area contributed by atoms with Gasteiger partial charge in [0.25, 0.3) is 0 Å². The molecule has 0 radical (unpaired) electrons. The van der Waals surface area contributed by atoms with Gasteiger partial charge in [-0.15, -0.1) is 0 Å². The van der Waals surface area contributed by atoms with E-state index in [4.69, 9.17) is 11.6 Å². The van der Waals surface area contributed by atoms with Gasteiger partial charge in [0, 0.05) is 18.5 Å². The van der Waals surface area contributed by atoms with Crippen LogP contribution in [0.3, 0.4) is 0 Å². The number of benzene rings is 1. The van der Waals surface area contributed by atoms with E-state index in [1.54, 1.807) is 24.3 Å². The van der Waals surface area contributed by atoms with Gasteiger partial charge < -0.3 is 15.7 Å². The van der Waals surface area contributed by atoms with Gasteiger partial charge in [0.2, 0.25) is 5.91 Å². The molecule has 0 bridgehead atoms. The molecule has 0 fully saturated rings. The Hall–Kier alpha value is -1.59. The molecule has 5 nitrogen and oxygen atoms in total. The quantitative estimate of drug-likeness (QED) is 0.664. The minimum Gasteiger partial charge on any atom is -0.480 e. The lowest BCUT2D eigenvalue weighted by Crippen LogP contribution is -2.31. The normalized spacial score (nSPS) is 11.9. The Bertz CT molecular complexity index is 451. The highest BCUT2D eigenvalue weighted by atomic mass is 35.5. The molecule has 0 aliphatic heterocycles. The fourth-order valence-electron chi connectivity index (χ4n) is 1.64. The largest absolute Gasteiger partial charge is 0.480 e. The number of hydrogen-bond donors (Lipinski definition) is 3. The van der Waals surface area contributed by atoms with Crippen molar-refractivity contribution in [2.45, 2.75) is 19.4 Å². The molecule has 1 aromatic carbocycles. The summed E-state index contributed by atoms with van der Waals surface area (Å²) in [5, 5.41) is 15.2. The Labute approximate surface area is 117 Å². The molecule has 1 atom stereocenters. The van der Waals surface area contributed by atoms with E-state index in [0.29, 0.717) is 30.1 Å². The fourth-order valence-corrected chi connectivity index (χ4v) is 1.88. The predicted octanol–water partition coefficient (Wildman–Crippen LogP) is 1.58. The lowest BCUT2D eigenvalue weighted by molar-refractivity contribution is -0.139. The van der Waals surface area contributed by atoms with Crippen LogP contribution in [0.5, 0.6) is 0 Å². The molecular weight excluding hydrogens is 268 g/mol. The van der Waals surface area contributed by atoms with Gasteiger partial charge in [0.05, 0.1) is 0 Å². The van der Waals surface area contributed by atoms with Crippen LogP contribution >= 0.6 is 11.6 Å². The van der Waals surface area contributed by atoms with Gasteiger partial charge in [-0.3, -0.25) is 9.59 Å². The van der Waals surface area contributed by atoms with Gasteiger partial charge in [0.1, 0.15) is 6.04 Å². The molecule has 104 valence electrons. The lowest BCUT2D eigenvalue weighted by atomic mass is 10.1. The zero-order valence-corrected chi connectivity index (χ0v) is 11.4. The molecule has 1 rings (SSSR count). The Morgan fingerprint density at radius 1 is 1.32 bits per heavy atom. The molecule has 1 amide bonds. The first-order chi connectivity index (χ1) is 9.02. The number of carboxylic acid groups (broad SMARTS) is 1. The minimum absolute atomic E-state index is 0.0964. The van der Waals surface area contributed by atoms with E-state index in [1.807, 2.05) is 0 Å². The second-order valence-corrected chi connectivity index (χ2v) is 4.49. The highest BCUT2D eigenvalue weighted by Crippen LogP contribution is 2.22. The zero-order valence-electron chi connectivity index (χ0n) is 10.6. The Morgan fingerprint density at radius 2 is 2.00 bits per heavy atom. The highest BCUT2D eigenvalue weighted by molar-refractivity contribution is 6.31. The first-order valence-corrected chi connectivity index (χ1v) is 6.35. The van der Waals surface area contributed by atoms with Crippen LogP contribution in [0, 0.1) is 0 Å². The van der Waals surface area contributed by atoms with Crippen molar-refractivity contribution in [3.05, 3.63) is 34.9 Å². The molecule has 0 aliphatic carbocycles. The topological polar surface area (TPSA) is 78.4 Å². The molecular formula is C13H17ClN2O3. The van der Waals surface area contributed by atoms with E-state index in [-0.39, 0.29) is 5.91 Å².